The fourth-order valence-electron chi connectivity index (χ4n) is 0.242. The number of carboxylic acids is 1. The van der Waals surface area contributed by atoms with E-state index in [1.54, 1.807) is 7.05 Å². The van der Waals surface area contributed by atoms with Crippen LogP contribution in [0.2, 0.25) is 0 Å². The van der Waals surface area contributed by atoms with Gasteiger partial charge in [0.15, 0.2) is 6.72 Å². The molecule has 0 saturated carbocycles. The van der Waals surface area contributed by atoms with Gasteiger partial charge in [-0.3, -0.25) is 0 Å². The molecule has 0 unspecified atom stereocenters. The Morgan fingerprint density at radius 1 is 2.00 bits per heavy atom. The third-order valence-electron chi connectivity index (χ3n) is 0.642. The number of nitrogens with one attached hydrogen (secondary N) is 1. The Kier molecular flexibility index (Phi) is 2.61. The quantitative estimate of drug-likeness (QED) is 0.281. The first-order valence-electron chi connectivity index (χ1n) is 2.14. The van der Waals surface area contributed by atoms with Gasteiger partial charge in [0.05, 0.1) is 7.05 Å². The maximum atomic E-state index is 9.85. The number of hydrazine groups is 1. The maximum absolute atomic E-state index is 9.85. The fourth-order valence-corrected chi connectivity index (χ4v) is 0.242. The molecule has 4 nitrogen and oxygen atoms in total. The Morgan fingerprint density at radius 2 is 2.50 bits per heavy atom. The Hall–Kier alpha value is -1.06. The second kappa shape index (κ2) is 3.01. The maximum Gasteiger partial charge on any atom is 0.372 e. The number of aliphatic carboxylic acids is 1. The summed E-state index contributed by atoms with van der Waals surface area (Å²) in [6.45, 7) is 3.25. The molecule has 0 radical (unpaired) electrons. The molecule has 0 aromatic carbocycles. The van der Waals surface area contributed by atoms with Gasteiger partial charge < -0.3 is 5.11 Å². The van der Waals surface area contributed by atoms with Crippen molar-refractivity contribution in [2.24, 2.45) is 0 Å². The van der Waals surface area contributed by atoms with Crippen LogP contribution in [0.25, 0.3) is 0 Å². The van der Waals surface area contributed by atoms with Crippen LogP contribution < -0.4 is 5.43 Å². The van der Waals surface area contributed by atoms with Crippen LogP contribution in [-0.4, -0.2) is 36.1 Å². The van der Waals surface area contributed by atoms with E-state index in [1.807, 2.05) is 0 Å². The van der Waals surface area contributed by atoms with Crippen LogP contribution in [0.4, 0.5) is 0 Å². The third kappa shape index (κ3) is 3.14. The van der Waals surface area contributed by atoms with Crippen LogP contribution in [0.5, 0.6) is 0 Å². The molecule has 0 spiro atoms. The zero-order chi connectivity index (χ0) is 6.57. The molecule has 0 rings (SSSR count). The molecule has 0 fully saturated rings. The van der Waals surface area contributed by atoms with Crippen LogP contribution >= 0.6 is 0 Å². The summed E-state index contributed by atoms with van der Waals surface area (Å²) in [4.78, 5) is 9.85. The predicted octanol–water partition coefficient (Wildman–Crippen LogP) is -1.08. The van der Waals surface area contributed by atoms with E-state index >= 15 is 0 Å². The number of hydrogen-bond donors (Lipinski definition) is 2. The van der Waals surface area contributed by atoms with Gasteiger partial charge in [0.2, 0.25) is 0 Å². The van der Waals surface area contributed by atoms with Crippen molar-refractivity contribution in [1.82, 2.24) is 5.43 Å². The number of nitrogens with zero attached hydrogens (tertiary/aromatic N) is 1. The summed E-state index contributed by atoms with van der Waals surface area (Å²) in [5.74, 6) is -0.894. The first-order chi connectivity index (χ1) is 3.66. The summed E-state index contributed by atoms with van der Waals surface area (Å²) in [6, 6.07) is 0. The average Bonchev–Trinajstić information content (AvgIpc) is 1.65. The fraction of sp³-hybridized carbons (Fsp3) is 0.500. The predicted molar refractivity (Wildman–Crippen MR) is 28.9 cm³/mol. The molecule has 2 N–H and O–H groups in total. The zero-order valence-electron chi connectivity index (χ0n) is 4.72. The molecule has 0 aromatic heterocycles. The standard InChI is InChI=1S/C4H8N2O2/c1-5-6(2)3-4(7)8/h5H,2-3H2,1H3/p+1. The second-order valence-electron chi connectivity index (χ2n) is 1.32. The van der Waals surface area contributed by atoms with E-state index in [4.69, 9.17) is 5.11 Å². The summed E-state index contributed by atoms with van der Waals surface area (Å²) < 4.78 is 1.22. The molecular weight excluding hydrogens is 108 g/mol. The Balaban J connectivity index is 3.40. The van der Waals surface area contributed by atoms with Crippen molar-refractivity contribution in [3.8, 4) is 0 Å². The van der Waals surface area contributed by atoms with Crippen LogP contribution in [-0.2, 0) is 4.79 Å². The molecular formula is C4H9N2O2+. The number of carboxylic acid groups (broad SMARTS) is 1. The van der Waals surface area contributed by atoms with Gasteiger partial charge >= 0.3 is 5.97 Å². The molecule has 0 heterocycles. The van der Waals surface area contributed by atoms with Gasteiger partial charge in [-0.05, 0) is 0 Å². The highest BCUT2D eigenvalue weighted by molar-refractivity contribution is 5.67. The van der Waals surface area contributed by atoms with Gasteiger partial charge in [0.25, 0.3) is 6.54 Å². The largest absolute Gasteiger partial charge is 0.476 e. The third-order valence-corrected chi connectivity index (χ3v) is 0.642. The van der Waals surface area contributed by atoms with Gasteiger partial charge in [-0.15, -0.1) is 4.68 Å². The first-order valence-corrected chi connectivity index (χ1v) is 2.14. The molecule has 0 aliphatic rings. The molecule has 0 bridgehead atoms. The lowest BCUT2D eigenvalue weighted by molar-refractivity contribution is -0.565. The molecule has 8 heavy (non-hydrogen) atoms. The molecule has 0 aliphatic heterocycles. The summed E-state index contributed by atoms with van der Waals surface area (Å²) in [7, 11) is 1.61. The highest BCUT2D eigenvalue weighted by atomic mass is 16.4. The number of carbonyl (C=O) groups is 1. The normalized spacial score (nSPS) is 8.12. The lowest BCUT2D eigenvalue weighted by Crippen LogP contribution is -2.28. The SMILES string of the molecule is C=[N+](CC(=O)O)NC. The van der Waals surface area contributed by atoms with Crippen molar-refractivity contribution in [2.75, 3.05) is 13.6 Å². The number of rotatable bonds is 3. The van der Waals surface area contributed by atoms with E-state index in [-0.39, 0.29) is 6.54 Å². The van der Waals surface area contributed by atoms with Crippen molar-refractivity contribution >= 4 is 12.7 Å². The van der Waals surface area contributed by atoms with Crippen LogP contribution in [0.15, 0.2) is 0 Å². The Bertz CT molecular complexity index is 111. The topological polar surface area (TPSA) is 52.3 Å². The van der Waals surface area contributed by atoms with E-state index in [2.05, 4.69) is 12.1 Å². The minimum Gasteiger partial charge on any atom is -0.476 e. The van der Waals surface area contributed by atoms with Crippen molar-refractivity contribution in [2.45, 2.75) is 0 Å². The lowest BCUT2D eigenvalue weighted by Gasteiger charge is -1.91. The number of hydrogen-bond acceptors (Lipinski definition) is 2. The van der Waals surface area contributed by atoms with Gasteiger partial charge in [0, 0.05) is 0 Å². The van der Waals surface area contributed by atoms with E-state index in [0.29, 0.717) is 0 Å². The minimum atomic E-state index is -0.894. The molecule has 0 aliphatic carbocycles. The van der Waals surface area contributed by atoms with Crippen LogP contribution in [0.3, 0.4) is 0 Å². The van der Waals surface area contributed by atoms with Crippen LogP contribution in [0.1, 0.15) is 0 Å². The van der Waals surface area contributed by atoms with Crippen molar-refractivity contribution < 1.29 is 14.6 Å². The summed E-state index contributed by atoms with van der Waals surface area (Å²) in [5.41, 5.74) is 2.54. The van der Waals surface area contributed by atoms with Gasteiger partial charge in [-0.25, -0.2) is 10.2 Å². The molecule has 0 aromatic rings. The summed E-state index contributed by atoms with van der Waals surface area (Å²) >= 11 is 0. The molecule has 0 saturated heterocycles. The molecule has 0 atom stereocenters. The van der Waals surface area contributed by atoms with Gasteiger partial charge in [-0.2, -0.15) is 0 Å². The van der Waals surface area contributed by atoms with Gasteiger partial charge in [-0.1, -0.05) is 0 Å². The Morgan fingerprint density at radius 3 is 2.62 bits per heavy atom. The minimum absolute atomic E-state index is 0.0868. The highest BCUT2D eigenvalue weighted by Crippen LogP contribution is 1.62. The Labute approximate surface area is 47.4 Å². The van der Waals surface area contributed by atoms with Crippen LogP contribution in [0, 0.1) is 0 Å². The van der Waals surface area contributed by atoms with E-state index in [0.717, 1.165) is 0 Å². The molecule has 4 heteroatoms. The zero-order valence-corrected chi connectivity index (χ0v) is 4.72. The van der Waals surface area contributed by atoms with Crippen molar-refractivity contribution in [3.05, 3.63) is 0 Å². The number of hydrazone groups is 1. The van der Waals surface area contributed by atoms with E-state index in [9.17, 15) is 4.79 Å². The van der Waals surface area contributed by atoms with E-state index < -0.39 is 5.97 Å². The highest BCUT2D eigenvalue weighted by Gasteiger charge is 2.02. The van der Waals surface area contributed by atoms with Crippen molar-refractivity contribution in [1.29, 1.82) is 0 Å². The summed E-state index contributed by atoms with van der Waals surface area (Å²) in [5, 5.41) is 8.09. The second-order valence-corrected chi connectivity index (χ2v) is 1.32. The van der Waals surface area contributed by atoms with E-state index in [1.165, 1.54) is 4.68 Å². The molecule has 46 valence electrons. The molecule has 0 amide bonds. The monoisotopic (exact) mass is 117 g/mol. The summed E-state index contributed by atoms with van der Waals surface area (Å²) in [6.07, 6.45) is 0. The average molecular weight is 117 g/mol. The van der Waals surface area contributed by atoms with Gasteiger partial charge in [0.1, 0.15) is 0 Å². The smallest absolute Gasteiger partial charge is 0.372 e. The lowest BCUT2D eigenvalue weighted by atomic mass is 10.7. The van der Waals surface area contributed by atoms with Crippen molar-refractivity contribution in [3.63, 3.8) is 0 Å². The first kappa shape index (κ1) is 6.94.